The molecule has 5 nitrogen and oxygen atoms in total. The van der Waals surface area contributed by atoms with Crippen molar-refractivity contribution in [1.29, 1.82) is 0 Å². The summed E-state index contributed by atoms with van der Waals surface area (Å²) in [5.74, 6) is 0.639. The third kappa shape index (κ3) is 4.88. The maximum Gasteiger partial charge on any atom is 0.527 e. The van der Waals surface area contributed by atoms with Gasteiger partial charge < -0.3 is 10.3 Å². The lowest BCUT2D eigenvalue weighted by atomic mass is 10.0. The average molecular weight is 259 g/mol. The van der Waals surface area contributed by atoms with Crippen LogP contribution in [0.15, 0.2) is 24.3 Å². The highest BCUT2D eigenvalue weighted by atomic mass is 31.2. The molecular formula is C11H18NO4P. The fourth-order valence-electron chi connectivity index (χ4n) is 1.26. The molecule has 3 N–H and O–H groups in total. The van der Waals surface area contributed by atoms with Gasteiger partial charge in [-0.2, -0.15) is 0 Å². The van der Waals surface area contributed by atoms with Gasteiger partial charge in [-0.3, -0.25) is 9.42 Å². The zero-order chi connectivity index (χ0) is 12.9. The van der Waals surface area contributed by atoms with Crippen LogP contribution in [0.5, 0.6) is 5.75 Å². The molecule has 0 radical (unpaired) electrons. The van der Waals surface area contributed by atoms with Crippen LogP contribution in [-0.4, -0.2) is 18.0 Å². The van der Waals surface area contributed by atoms with Crippen molar-refractivity contribution in [3.05, 3.63) is 29.8 Å². The molecular weight excluding hydrogens is 241 g/mol. The zero-order valence-corrected chi connectivity index (χ0v) is 10.9. The second-order valence-electron chi connectivity index (χ2n) is 3.91. The summed E-state index contributed by atoms with van der Waals surface area (Å²) in [7, 11) is -4.06. The summed E-state index contributed by atoms with van der Waals surface area (Å²) in [4.78, 5) is 9.38. The molecule has 0 saturated carbocycles. The Morgan fingerprint density at radius 1 is 1.47 bits per heavy atom. The highest BCUT2D eigenvalue weighted by Gasteiger charge is 2.22. The van der Waals surface area contributed by atoms with Gasteiger partial charge in [0.15, 0.2) is 0 Å². The van der Waals surface area contributed by atoms with Crippen LogP contribution in [0, 0.1) is 0 Å². The van der Waals surface area contributed by atoms with E-state index in [1.54, 1.807) is 18.2 Å². The fraction of sp³-hybridized carbons (Fsp3) is 0.455. The van der Waals surface area contributed by atoms with Gasteiger partial charge in [-0.25, -0.2) is 4.57 Å². The molecule has 0 saturated heterocycles. The van der Waals surface area contributed by atoms with Crippen molar-refractivity contribution in [3.63, 3.8) is 0 Å². The molecule has 1 rings (SSSR count). The monoisotopic (exact) mass is 259 g/mol. The Hall–Kier alpha value is -0.870. The van der Waals surface area contributed by atoms with E-state index in [1.807, 2.05) is 19.9 Å². The molecule has 1 aromatic carbocycles. The Bertz CT molecular complexity index is 408. The van der Waals surface area contributed by atoms with Gasteiger partial charge in [0.25, 0.3) is 0 Å². The molecule has 0 heterocycles. The summed E-state index contributed by atoms with van der Waals surface area (Å²) in [6, 6.07) is 7.04. The van der Waals surface area contributed by atoms with E-state index in [4.69, 9.17) is 10.3 Å². The number of rotatable bonds is 6. The fourth-order valence-corrected chi connectivity index (χ4v) is 2.03. The predicted octanol–water partition coefficient (Wildman–Crippen LogP) is 2.26. The van der Waals surface area contributed by atoms with E-state index in [9.17, 15) is 9.46 Å². The summed E-state index contributed by atoms with van der Waals surface area (Å²) < 4.78 is 21.1. The Balaban J connectivity index is 2.74. The molecule has 0 amide bonds. The molecule has 0 spiro atoms. The smallest absolute Gasteiger partial charge is 0.404 e. The van der Waals surface area contributed by atoms with E-state index in [0.717, 1.165) is 5.56 Å². The topological polar surface area (TPSA) is 81.8 Å². The average Bonchev–Trinajstić information content (AvgIpc) is 2.26. The summed E-state index contributed by atoms with van der Waals surface area (Å²) in [6.07, 6.45) is 0. The van der Waals surface area contributed by atoms with Gasteiger partial charge in [-0.05, 0) is 23.6 Å². The first-order chi connectivity index (χ1) is 7.94. The number of phosphoric acid groups is 1. The molecule has 1 unspecified atom stereocenters. The third-order valence-electron chi connectivity index (χ3n) is 2.12. The number of phosphoric ester groups is 1. The lowest BCUT2D eigenvalue weighted by Gasteiger charge is -2.14. The summed E-state index contributed by atoms with van der Waals surface area (Å²) in [5.41, 5.74) is 6.21. The minimum absolute atomic E-state index is 0.0162. The maximum absolute atomic E-state index is 11.5. The molecule has 0 fully saturated rings. The first-order valence-corrected chi connectivity index (χ1v) is 6.91. The first kappa shape index (κ1) is 14.2. The van der Waals surface area contributed by atoms with Crippen molar-refractivity contribution in [2.75, 3.05) is 13.2 Å². The molecule has 0 aliphatic carbocycles. The van der Waals surface area contributed by atoms with Crippen LogP contribution in [0.1, 0.15) is 25.3 Å². The Kier molecular flexibility index (Phi) is 5.15. The van der Waals surface area contributed by atoms with E-state index in [-0.39, 0.29) is 13.2 Å². The Morgan fingerprint density at radius 3 is 2.76 bits per heavy atom. The van der Waals surface area contributed by atoms with E-state index in [0.29, 0.717) is 11.7 Å². The molecule has 1 aromatic rings. The minimum Gasteiger partial charge on any atom is -0.404 e. The molecule has 0 aliphatic rings. The van der Waals surface area contributed by atoms with Crippen molar-refractivity contribution in [2.45, 2.75) is 19.8 Å². The van der Waals surface area contributed by atoms with Gasteiger partial charge in [-0.15, -0.1) is 0 Å². The molecule has 6 heteroatoms. The van der Waals surface area contributed by atoms with Crippen molar-refractivity contribution >= 4 is 7.82 Å². The normalized spacial score (nSPS) is 14.6. The summed E-state index contributed by atoms with van der Waals surface area (Å²) >= 11 is 0. The number of hydrogen-bond donors (Lipinski definition) is 2. The van der Waals surface area contributed by atoms with Gasteiger partial charge in [0.2, 0.25) is 0 Å². The molecule has 0 aromatic heterocycles. The lowest BCUT2D eigenvalue weighted by molar-refractivity contribution is 0.208. The van der Waals surface area contributed by atoms with Crippen LogP contribution in [0.25, 0.3) is 0 Å². The highest BCUT2D eigenvalue weighted by Crippen LogP contribution is 2.43. The van der Waals surface area contributed by atoms with Crippen LogP contribution >= 0.6 is 7.82 Å². The van der Waals surface area contributed by atoms with E-state index < -0.39 is 7.82 Å². The van der Waals surface area contributed by atoms with Crippen molar-refractivity contribution in [3.8, 4) is 5.75 Å². The first-order valence-electron chi connectivity index (χ1n) is 5.41. The van der Waals surface area contributed by atoms with Crippen LogP contribution < -0.4 is 10.3 Å². The van der Waals surface area contributed by atoms with Crippen molar-refractivity contribution in [2.24, 2.45) is 5.73 Å². The van der Waals surface area contributed by atoms with Crippen LogP contribution in [0.2, 0.25) is 0 Å². The van der Waals surface area contributed by atoms with E-state index in [2.05, 4.69) is 4.52 Å². The van der Waals surface area contributed by atoms with Gasteiger partial charge in [-0.1, -0.05) is 26.0 Å². The zero-order valence-electron chi connectivity index (χ0n) is 10.00. The highest BCUT2D eigenvalue weighted by molar-refractivity contribution is 7.47. The standard InChI is InChI=1S/C11H18NO4P/c1-9(2)10-4-3-5-11(8-10)16-17(13,14)15-7-6-12/h3-5,8-9H,6-7,12H2,1-2H3,(H,13,14). The number of hydrogen-bond acceptors (Lipinski definition) is 4. The lowest BCUT2D eigenvalue weighted by Crippen LogP contribution is -2.08. The number of benzene rings is 1. The predicted molar refractivity (Wildman–Crippen MR) is 66.0 cm³/mol. The Morgan fingerprint density at radius 2 is 2.18 bits per heavy atom. The minimum atomic E-state index is -4.06. The quantitative estimate of drug-likeness (QED) is 0.766. The molecule has 0 aliphatic heterocycles. The molecule has 17 heavy (non-hydrogen) atoms. The second kappa shape index (κ2) is 6.17. The van der Waals surface area contributed by atoms with E-state index in [1.165, 1.54) is 0 Å². The molecule has 96 valence electrons. The Labute approximate surface area is 101 Å². The van der Waals surface area contributed by atoms with Crippen molar-refractivity contribution < 1.29 is 18.5 Å². The second-order valence-corrected chi connectivity index (χ2v) is 5.29. The van der Waals surface area contributed by atoms with Gasteiger partial charge >= 0.3 is 7.82 Å². The molecule has 1 atom stereocenters. The van der Waals surface area contributed by atoms with Gasteiger partial charge in [0.05, 0.1) is 6.61 Å². The molecule has 0 bridgehead atoms. The van der Waals surface area contributed by atoms with Gasteiger partial charge in [0.1, 0.15) is 5.75 Å². The van der Waals surface area contributed by atoms with Gasteiger partial charge in [0, 0.05) is 6.54 Å². The SMILES string of the molecule is CC(C)c1cccc(OP(=O)(O)OCCN)c1. The third-order valence-corrected chi connectivity index (χ3v) is 3.07. The summed E-state index contributed by atoms with van der Waals surface area (Å²) in [6.45, 7) is 4.21. The summed E-state index contributed by atoms with van der Waals surface area (Å²) in [5, 5.41) is 0. The maximum atomic E-state index is 11.5. The van der Waals surface area contributed by atoms with Crippen LogP contribution in [-0.2, 0) is 9.09 Å². The number of nitrogens with two attached hydrogens (primary N) is 1. The largest absolute Gasteiger partial charge is 0.527 e. The van der Waals surface area contributed by atoms with Crippen LogP contribution in [0.4, 0.5) is 0 Å². The van der Waals surface area contributed by atoms with Crippen LogP contribution in [0.3, 0.4) is 0 Å². The van der Waals surface area contributed by atoms with Crippen molar-refractivity contribution in [1.82, 2.24) is 0 Å². The van der Waals surface area contributed by atoms with E-state index >= 15 is 0 Å².